The van der Waals surface area contributed by atoms with E-state index in [0.717, 1.165) is 6.42 Å². The molecule has 0 bridgehead atoms. The van der Waals surface area contributed by atoms with Gasteiger partial charge in [0.2, 0.25) is 10.0 Å². The number of aromatic nitrogens is 6. The van der Waals surface area contributed by atoms with Gasteiger partial charge in [0.25, 0.3) is 0 Å². The topological polar surface area (TPSA) is 142 Å². The Morgan fingerprint density at radius 1 is 1.15 bits per heavy atom. The van der Waals surface area contributed by atoms with Crippen LogP contribution in [0.1, 0.15) is 13.3 Å². The number of rotatable bonds is 6. The molecule has 174 valence electrons. The molecule has 12 nitrogen and oxygen atoms in total. The molecule has 4 heterocycles. The van der Waals surface area contributed by atoms with Crippen LogP contribution in [0.25, 0.3) is 28.2 Å². The molecule has 33 heavy (non-hydrogen) atoms. The van der Waals surface area contributed by atoms with E-state index < -0.39 is 15.7 Å². The summed E-state index contributed by atoms with van der Waals surface area (Å²) in [7, 11) is -1.72. The van der Waals surface area contributed by atoms with Crippen molar-refractivity contribution < 1.29 is 13.2 Å². The van der Waals surface area contributed by atoms with E-state index in [1.807, 2.05) is 14.0 Å². The van der Waals surface area contributed by atoms with Gasteiger partial charge in [-0.2, -0.15) is 4.31 Å². The lowest BCUT2D eigenvalue weighted by Gasteiger charge is -2.31. The molecule has 1 fully saturated rings. The molecule has 0 spiro atoms. The number of nitrogens with zero attached hydrogens (tertiary/aromatic N) is 6. The summed E-state index contributed by atoms with van der Waals surface area (Å²) in [4.78, 5) is 24.8. The number of imidazole rings is 1. The normalized spacial score (nSPS) is 16.1. The first-order chi connectivity index (χ1) is 15.9. The van der Waals surface area contributed by atoms with Gasteiger partial charge in [0.15, 0.2) is 11.3 Å². The fourth-order valence-electron chi connectivity index (χ4n) is 3.84. The SMILES string of the molecule is CCCOc1ccc(S(=O)(=O)N2CCN(C)CC2)cc1-c1nc2[nH]c(=O)n3cnnc3c2[nH]1. The fraction of sp³-hybridized carbons (Fsp3) is 0.400. The Balaban J connectivity index is 1.63. The number of aromatic amines is 2. The number of H-pyrrole nitrogens is 2. The van der Waals surface area contributed by atoms with Gasteiger partial charge < -0.3 is 14.6 Å². The largest absolute Gasteiger partial charge is 0.493 e. The van der Waals surface area contributed by atoms with E-state index in [1.165, 1.54) is 15.0 Å². The Morgan fingerprint density at radius 2 is 1.94 bits per heavy atom. The fourth-order valence-corrected chi connectivity index (χ4v) is 5.29. The molecule has 1 saturated heterocycles. The van der Waals surface area contributed by atoms with Gasteiger partial charge in [-0.25, -0.2) is 22.6 Å². The third-order valence-electron chi connectivity index (χ3n) is 5.69. The van der Waals surface area contributed by atoms with Crippen LogP contribution in [0.15, 0.2) is 34.2 Å². The maximum absolute atomic E-state index is 13.3. The van der Waals surface area contributed by atoms with Crippen molar-refractivity contribution in [2.24, 2.45) is 0 Å². The van der Waals surface area contributed by atoms with Crippen molar-refractivity contribution >= 4 is 26.8 Å². The summed E-state index contributed by atoms with van der Waals surface area (Å²) in [6.07, 6.45) is 2.10. The van der Waals surface area contributed by atoms with Crippen LogP contribution in [0.3, 0.4) is 0 Å². The van der Waals surface area contributed by atoms with E-state index in [4.69, 9.17) is 4.74 Å². The average molecular weight is 473 g/mol. The molecule has 1 aromatic carbocycles. The first-order valence-corrected chi connectivity index (χ1v) is 12.1. The Labute approximate surface area is 189 Å². The van der Waals surface area contributed by atoms with Gasteiger partial charge in [0.05, 0.1) is 17.1 Å². The molecule has 0 atom stereocenters. The highest BCUT2D eigenvalue weighted by molar-refractivity contribution is 7.89. The second-order valence-electron chi connectivity index (χ2n) is 7.98. The summed E-state index contributed by atoms with van der Waals surface area (Å²) in [5.74, 6) is 0.853. The zero-order valence-corrected chi connectivity index (χ0v) is 19.1. The molecular weight excluding hydrogens is 448 g/mol. The number of hydrogen-bond acceptors (Lipinski definition) is 8. The highest BCUT2D eigenvalue weighted by Gasteiger charge is 2.29. The average Bonchev–Trinajstić information content (AvgIpc) is 3.45. The lowest BCUT2D eigenvalue weighted by Crippen LogP contribution is -2.47. The molecule has 4 aromatic rings. The van der Waals surface area contributed by atoms with Gasteiger partial charge >= 0.3 is 5.69 Å². The van der Waals surface area contributed by atoms with Gasteiger partial charge in [-0.15, -0.1) is 10.2 Å². The maximum Gasteiger partial charge on any atom is 0.334 e. The Morgan fingerprint density at radius 3 is 2.70 bits per heavy atom. The predicted molar refractivity (Wildman–Crippen MR) is 121 cm³/mol. The van der Waals surface area contributed by atoms with Gasteiger partial charge in [-0.1, -0.05) is 6.92 Å². The van der Waals surface area contributed by atoms with Gasteiger partial charge in [-0.3, -0.25) is 4.98 Å². The summed E-state index contributed by atoms with van der Waals surface area (Å²) in [6, 6.07) is 4.77. The third kappa shape index (κ3) is 3.77. The van der Waals surface area contributed by atoms with Crippen molar-refractivity contribution in [2.75, 3.05) is 39.8 Å². The molecule has 1 aliphatic rings. The van der Waals surface area contributed by atoms with Crippen molar-refractivity contribution in [3.8, 4) is 17.1 Å². The minimum atomic E-state index is -3.69. The smallest absolute Gasteiger partial charge is 0.334 e. The third-order valence-corrected chi connectivity index (χ3v) is 7.58. The van der Waals surface area contributed by atoms with E-state index in [0.29, 0.717) is 66.7 Å². The Kier molecular flexibility index (Phi) is 5.38. The quantitative estimate of drug-likeness (QED) is 0.417. The monoisotopic (exact) mass is 472 g/mol. The van der Waals surface area contributed by atoms with E-state index in [-0.39, 0.29) is 4.90 Å². The van der Waals surface area contributed by atoms with Crippen LogP contribution < -0.4 is 10.4 Å². The standard InChI is InChI=1S/C20H24N8O4S/c1-3-10-32-15-5-4-13(33(30,31)27-8-6-26(2)7-9-27)11-14(15)17-22-16-18(23-17)24-20(29)28-12-21-25-19(16)28/h4-5,11-12H,3,6-10H2,1-2H3,(H,22,23)(H,24,29). The number of benzene rings is 1. The molecule has 0 unspecified atom stereocenters. The highest BCUT2D eigenvalue weighted by atomic mass is 32.2. The number of piperazine rings is 1. The van der Waals surface area contributed by atoms with Crippen molar-refractivity contribution in [1.29, 1.82) is 0 Å². The number of hydrogen-bond donors (Lipinski definition) is 2. The number of fused-ring (bicyclic) bond motifs is 3. The van der Waals surface area contributed by atoms with E-state index in [1.54, 1.807) is 18.2 Å². The summed E-state index contributed by atoms with van der Waals surface area (Å²) in [5.41, 5.74) is 1.16. The second-order valence-corrected chi connectivity index (χ2v) is 9.92. The highest BCUT2D eigenvalue weighted by Crippen LogP contribution is 2.33. The van der Waals surface area contributed by atoms with Crippen LogP contribution in [0, 0.1) is 0 Å². The minimum absolute atomic E-state index is 0.160. The van der Waals surface area contributed by atoms with Crippen molar-refractivity contribution in [3.05, 3.63) is 35.0 Å². The molecule has 5 rings (SSSR count). The van der Waals surface area contributed by atoms with Crippen molar-refractivity contribution in [1.82, 2.24) is 38.8 Å². The molecule has 0 radical (unpaired) electrons. The van der Waals surface area contributed by atoms with Crippen molar-refractivity contribution in [2.45, 2.75) is 18.2 Å². The summed E-state index contributed by atoms with van der Waals surface area (Å²) < 4.78 is 35.3. The maximum atomic E-state index is 13.3. The number of likely N-dealkylation sites (N-methyl/N-ethyl adjacent to an activating group) is 1. The minimum Gasteiger partial charge on any atom is -0.493 e. The van der Waals surface area contributed by atoms with Gasteiger partial charge in [0, 0.05) is 26.2 Å². The molecule has 0 saturated carbocycles. The van der Waals surface area contributed by atoms with Crippen LogP contribution in [-0.2, 0) is 10.0 Å². The van der Waals surface area contributed by atoms with Crippen LogP contribution in [0.2, 0.25) is 0 Å². The van der Waals surface area contributed by atoms with Gasteiger partial charge in [-0.05, 0) is 31.7 Å². The van der Waals surface area contributed by atoms with E-state index >= 15 is 0 Å². The number of sulfonamides is 1. The lowest BCUT2D eigenvalue weighted by molar-refractivity contribution is 0.222. The second kappa shape index (κ2) is 8.24. The zero-order chi connectivity index (χ0) is 23.2. The summed E-state index contributed by atoms with van der Waals surface area (Å²) >= 11 is 0. The Hall–Kier alpha value is -3.29. The van der Waals surface area contributed by atoms with Crippen molar-refractivity contribution in [3.63, 3.8) is 0 Å². The predicted octanol–water partition coefficient (Wildman–Crippen LogP) is 0.686. The van der Waals surface area contributed by atoms with E-state index in [2.05, 4.69) is 30.0 Å². The first-order valence-electron chi connectivity index (χ1n) is 10.7. The molecule has 1 aliphatic heterocycles. The van der Waals surface area contributed by atoms with E-state index in [9.17, 15) is 13.2 Å². The van der Waals surface area contributed by atoms with Crippen LogP contribution >= 0.6 is 0 Å². The van der Waals surface area contributed by atoms with Crippen LogP contribution in [0.5, 0.6) is 5.75 Å². The molecule has 13 heteroatoms. The molecule has 0 aliphatic carbocycles. The van der Waals surface area contributed by atoms with Gasteiger partial charge in [0.1, 0.15) is 23.4 Å². The summed E-state index contributed by atoms with van der Waals surface area (Å²) in [5, 5.41) is 7.78. The summed E-state index contributed by atoms with van der Waals surface area (Å²) in [6.45, 7) is 4.66. The van der Waals surface area contributed by atoms with Crippen LogP contribution in [0.4, 0.5) is 0 Å². The lowest BCUT2D eigenvalue weighted by atomic mass is 10.2. The molecule has 2 N–H and O–H groups in total. The Bertz CT molecular complexity index is 1480. The molecule has 3 aromatic heterocycles. The first kappa shape index (κ1) is 21.6. The molecular formula is C20H24N8O4S. The number of nitrogens with one attached hydrogen (secondary N) is 2. The molecule has 0 amide bonds. The van der Waals surface area contributed by atoms with Crippen LogP contribution in [-0.4, -0.2) is 87.0 Å². The number of ether oxygens (including phenoxy) is 1. The zero-order valence-electron chi connectivity index (χ0n) is 18.3.